The van der Waals surface area contributed by atoms with E-state index in [-0.39, 0.29) is 11.7 Å². The van der Waals surface area contributed by atoms with Crippen molar-refractivity contribution < 1.29 is 9.18 Å². The van der Waals surface area contributed by atoms with Gasteiger partial charge in [0.1, 0.15) is 5.82 Å². The Morgan fingerprint density at radius 3 is 2.16 bits per heavy atom. The summed E-state index contributed by atoms with van der Waals surface area (Å²) < 4.78 is 13.1. The monoisotopic (exact) mass is 338 g/mol. The SMILES string of the molecule is O=C(Nc1ccc(N2CCCCC2)cc1)C1(c2ccc(F)cc2)CC1. The van der Waals surface area contributed by atoms with Crippen LogP contribution in [-0.2, 0) is 10.2 Å². The Labute approximate surface area is 147 Å². The minimum absolute atomic E-state index is 0.00447. The van der Waals surface area contributed by atoms with E-state index in [1.807, 2.05) is 12.1 Å². The predicted octanol–water partition coefficient (Wildman–Crippen LogP) is 4.49. The Kier molecular flexibility index (Phi) is 4.20. The van der Waals surface area contributed by atoms with Crippen LogP contribution in [0.2, 0.25) is 0 Å². The molecule has 2 aromatic carbocycles. The summed E-state index contributed by atoms with van der Waals surface area (Å²) >= 11 is 0. The van der Waals surface area contributed by atoms with Crippen molar-refractivity contribution in [2.75, 3.05) is 23.3 Å². The van der Waals surface area contributed by atoms with Crippen molar-refractivity contribution >= 4 is 17.3 Å². The topological polar surface area (TPSA) is 32.3 Å². The summed E-state index contributed by atoms with van der Waals surface area (Å²) in [6, 6.07) is 14.4. The van der Waals surface area contributed by atoms with Gasteiger partial charge in [-0.1, -0.05) is 12.1 Å². The summed E-state index contributed by atoms with van der Waals surface area (Å²) in [5.74, 6) is -0.266. The van der Waals surface area contributed by atoms with Gasteiger partial charge in [0, 0.05) is 24.5 Å². The summed E-state index contributed by atoms with van der Waals surface area (Å²) in [5, 5.41) is 3.04. The molecule has 1 aliphatic heterocycles. The Bertz CT molecular complexity index is 744. The first-order valence-corrected chi connectivity index (χ1v) is 9.10. The number of halogens is 1. The summed E-state index contributed by atoms with van der Waals surface area (Å²) in [6.07, 6.45) is 5.44. The molecule has 25 heavy (non-hydrogen) atoms. The lowest BCUT2D eigenvalue weighted by molar-refractivity contribution is -0.118. The molecule has 0 radical (unpaired) electrons. The van der Waals surface area contributed by atoms with Gasteiger partial charge >= 0.3 is 0 Å². The highest BCUT2D eigenvalue weighted by Gasteiger charge is 2.51. The first-order valence-electron chi connectivity index (χ1n) is 9.10. The van der Waals surface area contributed by atoms with Gasteiger partial charge in [-0.3, -0.25) is 4.79 Å². The third kappa shape index (κ3) is 3.26. The van der Waals surface area contributed by atoms with Crippen molar-refractivity contribution in [3.8, 4) is 0 Å². The van der Waals surface area contributed by atoms with Gasteiger partial charge in [0.2, 0.25) is 5.91 Å². The molecule has 0 aromatic heterocycles. The molecule has 1 saturated heterocycles. The van der Waals surface area contributed by atoms with E-state index in [2.05, 4.69) is 22.3 Å². The second-order valence-corrected chi connectivity index (χ2v) is 7.14. The van der Waals surface area contributed by atoms with Gasteiger partial charge < -0.3 is 10.2 Å². The molecule has 1 amide bonds. The van der Waals surface area contributed by atoms with Crippen LogP contribution in [0.1, 0.15) is 37.7 Å². The molecule has 4 rings (SSSR count). The Morgan fingerprint density at radius 1 is 0.920 bits per heavy atom. The highest BCUT2D eigenvalue weighted by atomic mass is 19.1. The molecule has 130 valence electrons. The van der Waals surface area contributed by atoms with Crippen molar-refractivity contribution in [2.24, 2.45) is 0 Å². The molecule has 0 unspecified atom stereocenters. The largest absolute Gasteiger partial charge is 0.372 e. The molecule has 4 heteroatoms. The van der Waals surface area contributed by atoms with Crippen LogP contribution in [0.25, 0.3) is 0 Å². The number of carbonyl (C=O) groups excluding carboxylic acids is 1. The maximum atomic E-state index is 13.1. The zero-order chi connectivity index (χ0) is 17.3. The average Bonchev–Trinajstić information content (AvgIpc) is 3.46. The molecule has 2 aromatic rings. The van der Waals surface area contributed by atoms with Gasteiger partial charge in [-0.15, -0.1) is 0 Å². The number of nitrogens with zero attached hydrogens (tertiary/aromatic N) is 1. The molecule has 2 aliphatic rings. The summed E-state index contributed by atoms with van der Waals surface area (Å²) in [5.41, 5.74) is 2.45. The minimum Gasteiger partial charge on any atom is -0.372 e. The van der Waals surface area contributed by atoms with Crippen molar-refractivity contribution in [1.29, 1.82) is 0 Å². The Morgan fingerprint density at radius 2 is 1.56 bits per heavy atom. The standard InChI is InChI=1S/C21H23FN2O/c22-17-6-4-16(5-7-17)21(12-13-21)20(25)23-18-8-10-19(11-9-18)24-14-2-1-3-15-24/h4-11H,1-3,12-15H2,(H,23,25). The highest BCUT2D eigenvalue weighted by molar-refractivity contribution is 6.01. The van der Waals surface area contributed by atoms with E-state index in [1.54, 1.807) is 12.1 Å². The molecule has 3 nitrogen and oxygen atoms in total. The average molecular weight is 338 g/mol. The van der Waals surface area contributed by atoms with E-state index >= 15 is 0 Å². The lowest BCUT2D eigenvalue weighted by atomic mass is 9.95. The molecule has 1 aliphatic carbocycles. The number of amides is 1. The molecule has 2 fully saturated rings. The van der Waals surface area contributed by atoms with Crippen LogP contribution in [-0.4, -0.2) is 19.0 Å². The maximum Gasteiger partial charge on any atom is 0.235 e. The predicted molar refractivity (Wildman–Crippen MR) is 98.4 cm³/mol. The third-order valence-corrected chi connectivity index (χ3v) is 5.43. The lowest BCUT2D eigenvalue weighted by Gasteiger charge is -2.29. The molecule has 0 spiro atoms. The van der Waals surface area contributed by atoms with Crippen LogP contribution in [0.3, 0.4) is 0 Å². The van der Waals surface area contributed by atoms with E-state index in [9.17, 15) is 9.18 Å². The van der Waals surface area contributed by atoms with Crippen LogP contribution in [0, 0.1) is 5.82 Å². The van der Waals surface area contributed by atoms with E-state index < -0.39 is 5.41 Å². The van der Waals surface area contributed by atoms with Gasteiger partial charge in [0.05, 0.1) is 5.41 Å². The molecule has 1 saturated carbocycles. The number of rotatable bonds is 4. The number of piperidine rings is 1. The summed E-state index contributed by atoms with van der Waals surface area (Å²) in [4.78, 5) is 15.2. The number of carbonyl (C=O) groups is 1. The molecule has 1 N–H and O–H groups in total. The third-order valence-electron chi connectivity index (χ3n) is 5.43. The van der Waals surface area contributed by atoms with Crippen molar-refractivity contribution in [3.63, 3.8) is 0 Å². The summed E-state index contributed by atoms with van der Waals surface area (Å²) in [7, 11) is 0. The van der Waals surface area contributed by atoms with Gasteiger partial charge in [-0.05, 0) is 74.1 Å². The molecule has 0 bridgehead atoms. The molecular formula is C21H23FN2O. The first-order chi connectivity index (χ1) is 12.2. The van der Waals surface area contributed by atoms with Gasteiger partial charge in [0.25, 0.3) is 0 Å². The number of anilines is 2. The highest BCUT2D eigenvalue weighted by Crippen LogP contribution is 2.49. The number of benzene rings is 2. The van der Waals surface area contributed by atoms with E-state index in [4.69, 9.17) is 0 Å². The zero-order valence-electron chi connectivity index (χ0n) is 14.3. The molecular weight excluding hydrogens is 315 g/mol. The van der Waals surface area contributed by atoms with Crippen molar-refractivity contribution in [2.45, 2.75) is 37.5 Å². The van der Waals surface area contributed by atoms with Gasteiger partial charge in [-0.2, -0.15) is 0 Å². The maximum absolute atomic E-state index is 13.1. The van der Waals surface area contributed by atoms with Crippen LogP contribution < -0.4 is 10.2 Å². The molecule has 1 heterocycles. The second-order valence-electron chi connectivity index (χ2n) is 7.14. The normalized spacial score (nSPS) is 18.7. The number of nitrogens with one attached hydrogen (secondary N) is 1. The number of hydrogen-bond acceptors (Lipinski definition) is 2. The fourth-order valence-corrected chi connectivity index (χ4v) is 3.70. The number of hydrogen-bond donors (Lipinski definition) is 1. The summed E-state index contributed by atoms with van der Waals surface area (Å²) in [6.45, 7) is 2.22. The van der Waals surface area contributed by atoms with Gasteiger partial charge in [-0.25, -0.2) is 4.39 Å². The second kappa shape index (κ2) is 6.51. The fourth-order valence-electron chi connectivity index (χ4n) is 3.70. The zero-order valence-corrected chi connectivity index (χ0v) is 14.3. The van der Waals surface area contributed by atoms with Crippen LogP contribution in [0.4, 0.5) is 15.8 Å². The Balaban J connectivity index is 1.44. The minimum atomic E-state index is -0.487. The van der Waals surface area contributed by atoms with Crippen LogP contribution in [0.5, 0.6) is 0 Å². The Hall–Kier alpha value is -2.36. The van der Waals surface area contributed by atoms with Crippen molar-refractivity contribution in [3.05, 3.63) is 59.9 Å². The lowest BCUT2D eigenvalue weighted by Crippen LogP contribution is -2.29. The van der Waals surface area contributed by atoms with Crippen LogP contribution >= 0.6 is 0 Å². The van der Waals surface area contributed by atoms with Crippen molar-refractivity contribution in [1.82, 2.24) is 0 Å². The first kappa shape index (κ1) is 16.1. The van der Waals surface area contributed by atoms with Crippen LogP contribution in [0.15, 0.2) is 48.5 Å². The smallest absolute Gasteiger partial charge is 0.235 e. The fraction of sp³-hybridized carbons (Fsp3) is 0.381. The van der Waals surface area contributed by atoms with E-state index in [0.29, 0.717) is 0 Å². The quantitative estimate of drug-likeness (QED) is 0.891. The molecule has 0 atom stereocenters. The van der Waals surface area contributed by atoms with E-state index in [1.165, 1.54) is 37.1 Å². The van der Waals surface area contributed by atoms with Gasteiger partial charge in [0.15, 0.2) is 0 Å². The van der Waals surface area contributed by atoms with E-state index in [0.717, 1.165) is 37.2 Å².